The highest BCUT2D eigenvalue weighted by molar-refractivity contribution is 7.98. The first-order valence-electron chi connectivity index (χ1n) is 6.74. The van der Waals surface area contributed by atoms with Crippen molar-refractivity contribution in [3.63, 3.8) is 0 Å². The molecule has 3 unspecified atom stereocenters. The molecular formula is C15H19ClO3S. The average molecular weight is 315 g/mol. The van der Waals surface area contributed by atoms with Crippen molar-refractivity contribution in [2.45, 2.75) is 42.6 Å². The fourth-order valence-electron chi connectivity index (χ4n) is 3.02. The first-order valence-corrected chi connectivity index (χ1v) is 8.34. The summed E-state index contributed by atoms with van der Waals surface area (Å²) in [5.41, 5.74) is 0.967. The summed E-state index contributed by atoms with van der Waals surface area (Å²) in [5.74, 6) is -0.656. The standard InChI is InChI=1S/C15H19ClO3S/c1-20-14-5-3-10(7-13(14)16)12(8-15(18)19)9-2-4-11(17)6-9/h3,5,7,9,11-12,17H,2,4,6,8H2,1H3,(H,18,19). The van der Waals surface area contributed by atoms with Gasteiger partial charge in [0.2, 0.25) is 0 Å². The molecule has 0 aromatic heterocycles. The van der Waals surface area contributed by atoms with E-state index in [9.17, 15) is 9.90 Å². The zero-order valence-electron chi connectivity index (χ0n) is 11.4. The Labute approximate surface area is 128 Å². The third kappa shape index (κ3) is 3.68. The van der Waals surface area contributed by atoms with Gasteiger partial charge in [0.05, 0.1) is 17.5 Å². The van der Waals surface area contributed by atoms with Gasteiger partial charge in [0, 0.05) is 4.90 Å². The number of aliphatic hydroxyl groups is 1. The Hall–Kier alpha value is -0.710. The maximum Gasteiger partial charge on any atom is 0.303 e. The van der Waals surface area contributed by atoms with Crippen LogP contribution in [0.15, 0.2) is 23.1 Å². The fraction of sp³-hybridized carbons (Fsp3) is 0.533. The van der Waals surface area contributed by atoms with E-state index in [0.29, 0.717) is 11.4 Å². The summed E-state index contributed by atoms with van der Waals surface area (Å²) in [7, 11) is 0. The summed E-state index contributed by atoms with van der Waals surface area (Å²) in [4.78, 5) is 12.1. The molecule has 2 rings (SSSR count). The second kappa shape index (κ2) is 6.83. The smallest absolute Gasteiger partial charge is 0.303 e. The number of carboxylic acids is 1. The van der Waals surface area contributed by atoms with Crippen molar-refractivity contribution in [3.05, 3.63) is 28.8 Å². The van der Waals surface area contributed by atoms with Gasteiger partial charge in [-0.05, 0) is 55.1 Å². The van der Waals surface area contributed by atoms with Crippen molar-refractivity contribution in [2.24, 2.45) is 5.92 Å². The molecule has 1 aromatic carbocycles. The van der Waals surface area contributed by atoms with Crippen LogP contribution in [0.25, 0.3) is 0 Å². The second-order valence-electron chi connectivity index (χ2n) is 5.33. The molecule has 0 radical (unpaired) electrons. The summed E-state index contributed by atoms with van der Waals surface area (Å²) in [6, 6.07) is 5.80. The maximum absolute atomic E-state index is 11.1. The Kier molecular flexibility index (Phi) is 5.35. The topological polar surface area (TPSA) is 57.5 Å². The number of aliphatic hydroxyl groups excluding tert-OH is 1. The van der Waals surface area contributed by atoms with Crippen molar-refractivity contribution in [1.82, 2.24) is 0 Å². The Balaban J connectivity index is 2.26. The van der Waals surface area contributed by atoms with E-state index < -0.39 is 5.97 Å². The number of benzene rings is 1. The molecule has 3 atom stereocenters. The van der Waals surface area contributed by atoms with Crippen molar-refractivity contribution in [1.29, 1.82) is 0 Å². The highest BCUT2D eigenvalue weighted by atomic mass is 35.5. The molecule has 1 aromatic rings. The van der Waals surface area contributed by atoms with Crippen LogP contribution >= 0.6 is 23.4 Å². The molecule has 0 saturated heterocycles. The molecule has 3 nitrogen and oxygen atoms in total. The van der Waals surface area contributed by atoms with Gasteiger partial charge in [-0.25, -0.2) is 0 Å². The monoisotopic (exact) mass is 314 g/mol. The van der Waals surface area contributed by atoms with E-state index in [0.717, 1.165) is 23.3 Å². The van der Waals surface area contributed by atoms with Gasteiger partial charge in [0.15, 0.2) is 0 Å². The van der Waals surface area contributed by atoms with E-state index in [1.807, 2.05) is 24.5 Å². The summed E-state index contributed by atoms with van der Waals surface area (Å²) >= 11 is 7.80. The van der Waals surface area contributed by atoms with E-state index in [2.05, 4.69) is 0 Å². The van der Waals surface area contributed by atoms with Gasteiger partial charge in [0.25, 0.3) is 0 Å². The molecule has 1 saturated carbocycles. The van der Waals surface area contributed by atoms with Crippen LogP contribution in [0.5, 0.6) is 0 Å². The minimum atomic E-state index is -0.804. The lowest BCUT2D eigenvalue weighted by atomic mass is 9.82. The highest BCUT2D eigenvalue weighted by Crippen LogP contribution is 2.41. The largest absolute Gasteiger partial charge is 0.481 e. The van der Waals surface area contributed by atoms with Crippen LogP contribution in [0.3, 0.4) is 0 Å². The molecule has 0 aliphatic heterocycles. The maximum atomic E-state index is 11.1. The molecule has 2 N–H and O–H groups in total. The Morgan fingerprint density at radius 1 is 1.50 bits per heavy atom. The molecule has 0 spiro atoms. The minimum absolute atomic E-state index is 0.0712. The number of carbonyl (C=O) groups is 1. The fourth-order valence-corrected chi connectivity index (χ4v) is 3.89. The number of hydrogen-bond acceptors (Lipinski definition) is 3. The normalized spacial score (nSPS) is 23.8. The zero-order valence-corrected chi connectivity index (χ0v) is 13.0. The molecule has 5 heteroatoms. The molecule has 1 aliphatic carbocycles. The van der Waals surface area contributed by atoms with E-state index >= 15 is 0 Å². The van der Waals surface area contributed by atoms with Crippen LogP contribution in [-0.2, 0) is 4.79 Å². The minimum Gasteiger partial charge on any atom is -0.481 e. The van der Waals surface area contributed by atoms with E-state index in [1.54, 1.807) is 11.8 Å². The molecule has 0 amide bonds. The molecule has 110 valence electrons. The number of hydrogen-bond donors (Lipinski definition) is 2. The van der Waals surface area contributed by atoms with Gasteiger partial charge >= 0.3 is 5.97 Å². The number of halogens is 1. The second-order valence-corrected chi connectivity index (χ2v) is 6.58. The van der Waals surface area contributed by atoms with Gasteiger partial charge in [-0.15, -0.1) is 11.8 Å². The number of rotatable bonds is 5. The van der Waals surface area contributed by atoms with E-state index in [1.165, 1.54) is 0 Å². The summed E-state index contributed by atoms with van der Waals surface area (Å²) in [5, 5.41) is 19.5. The third-order valence-electron chi connectivity index (χ3n) is 4.01. The van der Waals surface area contributed by atoms with Gasteiger partial charge < -0.3 is 10.2 Å². The number of carboxylic acid groups (broad SMARTS) is 1. The lowest BCUT2D eigenvalue weighted by molar-refractivity contribution is -0.137. The molecule has 20 heavy (non-hydrogen) atoms. The summed E-state index contributed by atoms with van der Waals surface area (Å²) < 4.78 is 0. The number of thioether (sulfide) groups is 1. The van der Waals surface area contributed by atoms with Crippen molar-refractivity contribution < 1.29 is 15.0 Å². The quantitative estimate of drug-likeness (QED) is 0.812. The predicted octanol–water partition coefficient (Wildman–Crippen LogP) is 3.78. The van der Waals surface area contributed by atoms with Gasteiger partial charge in [-0.2, -0.15) is 0 Å². The van der Waals surface area contributed by atoms with Crippen LogP contribution in [-0.4, -0.2) is 28.5 Å². The van der Waals surface area contributed by atoms with Crippen molar-refractivity contribution in [3.8, 4) is 0 Å². The number of aliphatic carboxylic acids is 1. The van der Waals surface area contributed by atoms with Gasteiger partial charge in [-0.3, -0.25) is 4.79 Å². The summed E-state index contributed by atoms with van der Waals surface area (Å²) in [6.45, 7) is 0. The zero-order chi connectivity index (χ0) is 14.7. The predicted molar refractivity (Wildman–Crippen MR) is 81.6 cm³/mol. The molecule has 0 heterocycles. The lowest BCUT2D eigenvalue weighted by Gasteiger charge is -2.23. The first kappa shape index (κ1) is 15.7. The highest BCUT2D eigenvalue weighted by Gasteiger charge is 2.32. The van der Waals surface area contributed by atoms with Crippen LogP contribution in [0.4, 0.5) is 0 Å². The average Bonchev–Trinajstić information content (AvgIpc) is 2.82. The van der Waals surface area contributed by atoms with Crippen LogP contribution < -0.4 is 0 Å². The lowest BCUT2D eigenvalue weighted by Crippen LogP contribution is -2.15. The molecule has 0 bridgehead atoms. The molecular weight excluding hydrogens is 296 g/mol. The Bertz CT molecular complexity index is 492. The van der Waals surface area contributed by atoms with Gasteiger partial charge in [0.1, 0.15) is 0 Å². The van der Waals surface area contributed by atoms with E-state index in [4.69, 9.17) is 16.7 Å². The third-order valence-corrected chi connectivity index (χ3v) is 5.23. The van der Waals surface area contributed by atoms with Crippen LogP contribution in [0.1, 0.15) is 37.2 Å². The Morgan fingerprint density at radius 3 is 2.75 bits per heavy atom. The van der Waals surface area contributed by atoms with E-state index in [-0.39, 0.29) is 24.4 Å². The van der Waals surface area contributed by atoms with Crippen molar-refractivity contribution >= 4 is 29.3 Å². The van der Waals surface area contributed by atoms with Crippen LogP contribution in [0, 0.1) is 5.92 Å². The molecule has 1 aliphatic rings. The van der Waals surface area contributed by atoms with Gasteiger partial charge in [-0.1, -0.05) is 17.7 Å². The van der Waals surface area contributed by atoms with Crippen molar-refractivity contribution in [2.75, 3.05) is 6.26 Å². The Morgan fingerprint density at radius 2 is 2.25 bits per heavy atom. The van der Waals surface area contributed by atoms with Crippen LogP contribution in [0.2, 0.25) is 5.02 Å². The molecule has 1 fully saturated rings. The SMILES string of the molecule is CSc1ccc(C(CC(=O)O)C2CCC(O)C2)cc1Cl. The first-order chi connectivity index (χ1) is 9.51. The summed E-state index contributed by atoms with van der Waals surface area (Å²) in [6.07, 6.45) is 4.07.